The molecule has 0 radical (unpaired) electrons. The van der Waals surface area contributed by atoms with Crippen LogP contribution < -0.4 is 14.8 Å². The zero-order chi connectivity index (χ0) is 22.3. The molecule has 0 unspecified atom stereocenters. The topological polar surface area (TPSA) is 94.2 Å². The van der Waals surface area contributed by atoms with Crippen LogP contribution in [0.4, 0.5) is 5.69 Å². The van der Waals surface area contributed by atoms with Crippen LogP contribution in [0.2, 0.25) is 0 Å². The molecule has 1 aliphatic heterocycles. The number of anilines is 1. The summed E-state index contributed by atoms with van der Waals surface area (Å²) in [6.45, 7) is 1.33. The maximum Gasteiger partial charge on any atom is 0.243 e. The lowest BCUT2D eigenvalue weighted by Crippen LogP contribution is -2.40. The maximum atomic E-state index is 12.9. The van der Waals surface area contributed by atoms with Crippen molar-refractivity contribution >= 4 is 33.4 Å². The Labute approximate surface area is 186 Å². The van der Waals surface area contributed by atoms with Crippen LogP contribution in [0.15, 0.2) is 47.4 Å². The number of benzene rings is 2. The van der Waals surface area contributed by atoms with Crippen LogP contribution in [0.5, 0.6) is 11.5 Å². The number of hydrogen-bond acceptors (Lipinski definition) is 7. The van der Waals surface area contributed by atoms with E-state index in [1.807, 2.05) is 24.3 Å². The number of rotatable bonds is 9. The fourth-order valence-corrected chi connectivity index (χ4v) is 5.30. The zero-order valence-electron chi connectivity index (χ0n) is 17.5. The molecular weight excluding hydrogens is 440 g/mol. The quantitative estimate of drug-likeness (QED) is 0.607. The minimum Gasteiger partial charge on any atom is -0.497 e. The van der Waals surface area contributed by atoms with Crippen molar-refractivity contribution in [2.24, 2.45) is 0 Å². The molecule has 1 heterocycles. The Morgan fingerprint density at radius 1 is 1.13 bits per heavy atom. The van der Waals surface area contributed by atoms with Crippen molar-refractivity contribution in [3.8, 4) is 11.5 Å². The standard InChI is InChI=1S/C21H26N2O6S2/c1-27-17-5-3-4-16(12-17)14-30-15-21(24)22-19-13-18(6-7-20(19)28-2)31(25,26)23-8-10-29-11-9-23/h3-7,12-13H,8-11,14-15H2,1-2H3,(H,22,24). The van der Waals surface area contributed by atoms with Crippen molar-refractivity contribution in [2.75, 3.05) is 51.6 Å². The molecule has 0 bridgehead atoms. The van der Waals surface area contributed by atoms with Gasteiger partial charge in [-0.15, -0.1) is 11.8 Å². The van der Waals surface area contributed by atoms with E-state index in [0.717, 1.165) is 11.3 Å². The summed E-state index contributed by atoms with van der Waals surface area (Å²) in [7, 11) is -0.593. The summed E-state index contributed by atoms with van der Waals surface area (Å²) in [5, 5.41) is 2.77. The molecule has 1 aliphatic rings. The lowest BCUT2D eigenvalue weighted by atomic mass is 10.2. The number of thioether (sulfide) groups is 1. The van der Waals surface area contributed by atoms with Crippen molar-refractivity contribution in [3.63, 3.8) is 0 Å². The van der Waals surface area contributed by atoms with Gasteiger partial charge in [-0.25, -0.2) is 8.42 Å². The Bertz CT molecular complexity index is 1010. The first kappa shape index (κ1) is 23.4. The summed E-state index contributed by atoms with van der Waals surface area (Å²) in [5.74, 6) is 1.78. The van der Waals surface area contributed by atoms with E-state index in [9.17, 15) is 13.2 Å². The lowest BCUT2D eigenvalue weighted by Gasteiger charge is -2.26. The van der Waals surface area contributed by atoms with Gasteiger partial charge in [0.2, 0.25) is 15.9 Å². The average Bonchev–Trinajstić information content (AvgIpc) is 2.79. The van der Waals surface area contributed by atoms with Crippen LogP contribution in [-0.2, 0) is 25.3 Å². The number of sulfonamides is 1. The summed E-state index contributed by atoms with van der Waals surface area (Å²) < 4.78 is 42.9. The van der Waals surface area contributed by atoms with Gasteiger partial charge in [0.25, 0.3) is 0 Å². The first-order valence-corrected chi connectivity index (χ1v) is 12.3. The summed E-state index contributed by atoms with van der Waals surface area (Å²) in [6, 6.07) is 12.1. The van der Waals surface area contributed by atoms with Crippen molar-refractivity contribution in [3.05, 3.63) is 48.0 Å². The van der Waals surface area contributed by atoms with Crippen molar-refractivity contribution in [2.45, 2.75) is 10.6 Å². The molecule has 0 aliphatic carbocycles. The highest BCUT2D eigenvalue weighted by Gasteiger charge is 2.27. The van der Waals surface area contributed by atoms with E-state index in [1.165, 1.54) is 35.3 Å². The molecule has 1 fully saturated rings. The third-order valence-electron chi connectivity index (χ3n) is 4.69. The Kier molecular flexibility index (Phi) is 8.19. The highest BCUT2D eigenvalue weighted by Crippen LogP contribution is 2.29. The number of nitrogens with zero attached hydrogens (tertiary/aromatic N) is 1. The molecule has 168 valence electrons. The van der Waals surface area contributed by atoms with E-state index < -0.39 is 10.0 Å². The smallest absolute Gasteiger partial charge is 0.243 e. The van der Waals surface area contributed by atoms with Gasteiger partial charge in [0.05, 0.1) is 43.8 Å². The van der Waals surface area contributed by atoms with Crippen LogP contribution in [0.1, 0.15) is 5.56 Å². The van der Waals surface area contributed by atoms with Gasteiger partial charge in [-0.3, -0.25) is 4.79 Å². The van der Waals surface area contributed by atoms with Crippen LogP contribution >= 0.6 is 11.8 Å². The summed E-state index contributed by atoms with van der Waals surface area (Å²) in [6.07, 6.45) is 0. The van der Waals surface area contributed by atoms with E-state index in [0.29, 0.717) is 43.5 Å². The third-order valence-corrected chi connectivity index (χ3v) is 7.59. The number of nitrogens with one attached hydrogen (secondary N) is 1. The largest absolute Gasteiger partial charge is 0.497 e. The minimum atomic E-state index is -3.68. The van der Waals surface area contributed by atoms with Gasteiger partial charge in [-0.1, -0.05) is 12.1 Å². The number of hydrogen-bond donors (Lipinski definition) is 1. The second kappa shape index (κ2) is 10.9. The fourth-order valence-electron chi connectivity index (χ4n) is 3.09. The normalized spacial score (nSPS) is 14.8. The van der Waals surface area contributed by atoms with Crippen LogP contribution in [0.25, 0.3) is 0 Å². The van der Waals surface area contributed by atoms with E-state index in [2.05, 4.69) is 5.32 Å². The fraction of sp³-hybridized carbons (Fsp3) is 0.381. The highest BCUT2D eigenvalue weighted by atomic mass is 32.2. The Morgan fingerprint density at radius 2 is 1.90 bits per heavy atom. The number of morpholine rings is 1. The predicted octanol–water partition coefficient (Wildman–Crippen LogP) is 2.60. The molecule has 0 atom stereocenters. The summed E-state index contributed by atoms with van der Waals surface area (Å²) >= 11 is 1.45. The van der Waals surface area contributed by atoms with Gasteiger partial charge in [0.15, 0.2) is 0 Å². The second-order valence-electron chi connectivity index (χ2n) is 6.77. The molecule has 0 saturated carbocycles. The van der Waals surface area contributed by atoms with Crippen molar-refractivity contribution in [1.82, 2.24) is 4.31 Å². The van der Waals surface area contributed by atoms with Gasteiger partial charge in [0, 0.05) is 18.8 Å². The van der Waals surface area contributed by atoms with Gasteiger partial charge in [0.1, 0.15) is 11.5 Å². The molecule has 10 heteroatoms. The Hall–Kier alpha value is -2.27. The van der Waals surface area contributed by atoms with Gasteiger partial charge >= 0.3 is 0 Å². The minimum absolute atomic E-state index is 0.106. The van der Waals surface area contributed by atoms with Crippen LogP contribution in [-0.4, -0.2) is 64.9 Å². The highest BCUT2D eigenvalue weighted by molar-refractivity contribution is 7.99. The van der Waals surface area contributed by atoms with Crippen LogP contribution in [0.3, 0.4) is 0 Å². The third kappa shape index (κ3) is 6.13. The lowest BCUT2D eigenvalue weighted by molar-refractivity contribution is -0.113. The van der Waals surface area contributed by atoms with Gasteiger partial charge in [-0.2, -0.15) is 4.31 Å². The molecule has 0 aromatic heterocycles. The zero-order valence-corrected chi connectivity index (χ0v) is 19.1. The summed E-state index contributed by atoms with van der Waals surface area (Å²) in [5.41, 5.74) is 1.37. The Morgan fingerprint density at radius 3 is 2.61 bits per heavy atom. The molecule has 3 rings (SSSR count). The second-order valence-corrected chi connectivity index (χ2v) is 9.69. The predicted molar refractivity (Wildman–Crippen MR) is 120 cm³/mol. The first-order valence-electron chi connectivity index (χ1n) is 9.70. The average molecular weight is 467 g/mol. The van der Waals surface area contributed by atoms with E-state index >= 15 is 0 Å². The van der Waals surface area contributed by atoms with Gasteiger partial charge < -0.3 is 19.5 Å². The van der Waals surface area contributed by atoms with Crippen molar-refractivity contribution < 1.29 is 27.4 Å². The van der Waals surface area contributed by atoms with Gasteiger partial charge in [-0.05, 0) is 35.9 Å². The maximum absolute atomic E-state index is 12.9. The first-order chi connectivity index (χ1) is 14.9. The molecule has 2 aromatic carbocycles. The van der Waals surface area contributed by atoms with Crippen LogP contribution in [0, 0.1) is 0 Å². The van der Waals surface area contributed by atoms with Crippen molar-refractivity contribution in [1.29, 1.82) is 0 Å². The molecule has 8 nitrogen and oxygen atoms in total. The molecule has 1 saturated heterocycles. The monoisotopic (exact) mass is 466 g/mol. The molecule has 1 N–H and O–H groups in total. The molecule has 31 heavy (non-hydrogen) atoms. The molecular formula is C21H26N2O6S2. The summed E-state index contributed by atoms with van der Waals surface area (Å²) in [4.78, 5) is 12.6. The molecule has 1 amide bonds. The Balaban J connectivity index is 1.65. The van der Waals surface area contributed by atoms with E-state index in [4.69, 9.17) is 14.2 Å². The number of ether oxygens (including phenoxy) is 3. The molecule has 2 aromatic rings. The SMILES string of the molecule is COc1cccc(CSCC(=O)Nc2cc(S(=O)(=O)N3CCOCC3)ccc2OC)c1. The van der Waals surface area contributed by atoms with E-state index in [1.54, 1.807) is 13.2 Å². The molecule has 0 spiro atoms. The number of carbonyl (C=O) groups excluding carboxylic acids is 1. The number of amides is 1. The van der Waals surface area contributed by atoms with E-state index in [-0.39, 0.29) is 16.6 Å². The number of methoxy groups -OCH3 is 2. The number of carbonyl (C=O) groups is 1.